The third-order valence-electron chi connectivity index (χ3n) is 4.78. The minimum Gasteiger partial charge on any atom is -0.507 e. The van der Waals surface area contributed by atoms with Crippen LogP contribution in [0.1, 0.15) is 37.4 Å². The van der Waals surface area contributed by atoms with Gasteiger partial charge in [0.15, 0.2) is 0 Å². The van der Waals surface area contributed by atoms with Crippen molar-refractivity contribution >= 4 is 17.4 Å². The van der Waals surface area contributed by atoms with Crippen molar-refractivity contribution in [1.82, 2.24) is 4.90 Å². The predicted octanol–water partition coefficient (Wildman–Crippen LogP) is 4.06. The van der Waals surface area contributed by atoms with Crippen molar-refractivity contribution in [3.05, 3.63) is 77.1 Å². The molecule has 1 atom stereocenters. The van der Waals surface area contributed by atoms with E-state index in [1.165, 1.54) is 17.0 Å². The highest BCUT2D eigenvalue weighted by Gasteiger charge is 2.46. The standard InChI is InChI=1S/C23H24FNO4/c1-15(2)29-14-8-13-25-20(17-11-6-7-12-18(17)24)19(22(27)23(25)28)21(26)16-9-4-3-5-10-16/h3-7,9-12,15,20,26H,8,13-14H2,1-2H3/b21-19-. The van der Waals surface area contributed by atoms with Crippen LogP contribution in [0, 0.1) is 5.82 Å². The molecule has 3 rings (SSSR count). The number of amides is 1. The van der Waals surface area contributed by atoms with Crippen LogP contribution in [0.15, 0.2) is 60.2 Å². The summed E-state index contributed by atoms with van der Waals surface area (Å²) in [5, 5.41) is 10.8. The Morgan fingerprint density at radius 3 is 2.41 bits per heavy atom. The number of likely N-dealkylation sites (tertiary alicyclic amines) is 1. The molecule has 0 saturated carbocycles. The van der Waals surface area contributed by atoms with Gasteiger partial charge in [0.05, 0.1) is 17.7 Å². The van der Waals surface area contributed by atoms with Crippen molar-refractivity contribution in [3.8, 4) is 0 Å². The number of Topliss-reactive ketones (excluding diaryl/α,β-unsaturated/α-hetero) is 1. The fourth-order valence-corrected chi connectivity index (χ4v) is 3.44. The van der Waals surface area contributed by atoms with Crippen LogP contribution >= 0.6 is 0 Å². The highest BCUT2D eigenvalue weighted by atomic mass is 19.1. The first-order valence-electron chi connectivity index (χ1n) is 9.61. The van der Waals surface area contributed by atoms with Gasteiger partial charge in [0.2, 0.25) is 0 Å². The van der Waals surface area contributed by atoms with Crippen LogP contribution in [0.4, 0.5) is 4.39 Å². The van der Waals surface area contributed by atoms with Gasteiger partial charge in [-0.2, -0.15) is 0 Å². The second kappa shape index (κ2) is 9.01. The maximum Gasteiger partial charge on any atom is 0.295 e. The second-order valence-corrected chi connectivity index (χ2v) is 7.15. The van der Waals surface area contributed by atoms with Crippen LogP contribution in [-0.2, 0) is 14.3 Å². The summed E-state index contributed by atoms with van der Waals surface area (Å²) < 4.78 is 20.1. The molecule has 6 heteroatoms. The average molecular weight is 397 g/mol. The number of ether oxygens (including phenoxy) is 1. The van der Waals surface area contributed by atoms with Crippen LogP contribution in [-0.4, -0.2) is 41.0 Å². The topological polar surface area (TPSA) is 66.8 Å². The molecule has 0 spiro atoms. The van der Waals surface area contributed by atoms with E-state index in [2.05, 4.69) is 0 Å². The smallest absolute Gasteiger partial charge is 0.295 e. The van der Waals surface area contributed by atoms with Gasteiger partial charge in [0.25, 0.3) is 11.7 Å². The van der Waals surface area contributed by atoms with Gasteiger partial charge in [-0.25, -0.2) is 4.39 Å². The number of ketones is 1. The molecule has 0 aliphatic carbocycles. The third-order valence-corrected chi connectivity index (χ3v) is 4.78. The first-order chi connectivity index (χ1) is 13.9. The molecule has 1 unspecified atom stereocenters. The van der Waals surface area contributed by atoms with Crippen LogP contribution in [0.5, 0.6) is 0 Å². The molecule has 1 heterocycles. The molecule has 5 nitrogen and oxygen atoms in total. The van der Waals surface area contributed by atoms with Crippen molar-refractivity contribution in [2.45, 2.75) is 32.4 Å². The van der Waals surface area contributed by atoms with E-state index >= 15 is 0 Å². The molecule has 2 aromatic carbocycles. The number of carbonyl (C=O) groups is 2. The highest BCUT2D eigenvalue weighted by molar-refractivity contribution is 6.46. The summed E-state index contributed by atoms with van der Waals surface area (Å²) in [6.45, 7) is 4.43. The first-order valence-corrected chi connectivity index (χ1v) is 9.61. The Morgan fingerprint density at radius 1 is 1.10 bits per heavy atom. The van der Waals surface area contributed by atoms with Gasteiger partial charge < -0.3 is 14.7 Å². The zero-order valence-corrected chi connectivity index (χ0v) is 16.5. The minimum atomic E-state index is -0.990. The number of halogens is 1. The predicted molar refractivity (Wildman–Crippen MR) is 108 cm³/mol. The van der Waals surface area contributed by atoms with Gasteiger partial charge in [-0.3, -0.25) is 9.59 Å². The number of aliphatic hydroxyl groups is 1. The Bertz CT molecular complexity index is 923. The quantitative estimate of drug-likeness (QED) is 0.331. The van der Waals surface area contributed by atoms with Crippen LogP contribution < -0.4 is 0 Å². The normalized spacial score (nSPS) is 18.6. The van der Waals surface area contributed by atoms with Crippen LogP contribution in [0.3, 0.4) is 0 Å². The largest absolute Gasteiger partial charge is 0.507 e. The molecule has 1 N–H and O–H groups in total. The Labute approximate surface area is 169 Å². The number of nitrogens with zero attached hydrogens (tertiary/aromatic N) is 1. The summed E-state index contributed by atoms with van der Waals surface area (Å²) in [5.74, 6) is -2.41. The molecule has 1 amide bonds. The first kappa shape index (κ1) is 20.7. The lowest BCUT2D eigenvalue weighted by Gasteiger charge is -2.25. The monoisotopic (exact) mass is 397 g/mol. The molecule has 1 aliphatic heterocycles. The number of rotatable bonds is 7. The van der Waals surface area contributed by atoms with Gasteiger partial charge in [-0.1, -0.05) is 48.5 Å². The number of hydrogen-bond acceptors (Lipinski definition) is 4. The lowest BCUT2D eigenvalue weighted by atomic mass is 9.95. The van der Waals surface area contributed by atoms with Gasteiger partial charge in [-0.05, 0) is 26.3 Å². The third kappa shape index (κ3) is 4.38. The summed E-state index contributed by atoms with van der Waals surface area (Å²) >= 11 is 0. The Balaban J connectivity index is 2.04. The molecule has 1 fully saturated rings. The average Bonchev–Trinajstić information content (AvgIpc) is 2.96. The number of aliphatic hydroxyl groups excluding tert-OH is 1. The molecule has 0 aromatic heterocycles. The molecule has 0 radical (unpaired) electrons. The Hall–Kier alpha value is -2.99. The van der Waals surface area contributed by atoms with Crippen molar-refractivity contribution in [3.63, 3.8) is 0 Å². The van der Waals surface area contributed by atoms with Crippen molar-refractivity contribution in [1.29, 1.82) is 0 Å². The fraction of sp³-hybridized carbons (Fsp3) is 0.304. The molecule has 0 bridgehead atoms. The molecular formula is C23H24FNO4. The summed E-state index contributed by atoms with van der Waals surface area (Å²) in [7, 11) is 0. The van der Waals surface area contributed by atoms with E-state index < -0.39 is 23.5 Å². The molecular weight excluding hydrogens is 373 g/mol. The van der Waals surface area contributed by atoms with Crippen molar-refractivity contribution in [2.75, 3.05) is 13.2 Å². The fourth-order valence-electron chi connectivity index (χ4n) is 3.44. The van der Waals surface area contributed by atoms with Crippen molar-refractivity contribution < 1.29 is 23.8 Å². The molecule has 152 valence electrons. The van der Waals surface area contributed by atoms with E-state index in [0.29, 0.717) is 18.6 Å². The summed E-state index contributed by atoms with van der Waals surface area (Å²) in [6.07, 6.45) is 0.535. The van der Waals surface area contributed by atoms with Gasteiger partial charge in [0, 0.05) is 24.3 Å². The molecule has 29 heavy (non-hydrogen) atoms. The van der Waals surface area contributed by atoms with Gasteiger partial charge >= 0.3 is 0 Å². The maximum atomic E-state index is 14.6. The molecule has 1 aliphatic rings. The van der Waals surface area contributed by atoms with E-state index in [4.69, 9.17) is 4.74 Å². The summed E-state index contributed by atoms with van der Waals surface area (Å²) in [6, 6.07) is 13.5. The van der Waals surface area contributed by atoms with Crippen LogP contribution in [0.25, 0.3) is 5.76 Å². The van der Waals surface area contributed by atoms with Crippen molar-refractivity contribution in [2.24, 2.45) is 0 Å². The van der Waals surface area contributed by atoms with E-state index in [1.807, 2.05) is 13.8 Å². The molecule has 2 aromatic rings. The van der Waals surface area contributed by atoms with E-state index in [1.54, 1.807) is 42.5 Å². The lowest BCUT2D eigenvalue weighted by molar-refractivity contribution is -0.140. The van der Waals surface area contributed by atoms with E-state index in [-0.39, 0.29) is 29.5 Å². The summed E-state index contributed by atoms with van der Waals surface area (Å²) in [4.78, 5) is 26.9. The van der Waals surface area contributed by atoms with Crippen LogP contribution in [0.2, 0.25) is 0 Å². The van der Waals surface area contributed by atoms with E-state index in [0.717, 1.165) is 0 Å². The maximum absolute atomic E-state index is 14.6. The Kier molecular flexibility index (Phi) is 6.44. The SMILES string of the molecule is CC(C)OCCCN1C(=O)C(=O)/C(=C(\O)c2ccccc2)C1c1ccccc1F. The van der Waals surface area contributed by atoms with E-state index in [9.17, 15) is 19.1 Å². The zero-order chi connectivity index (χ0) is 21.0. The number of benzene rings is 2. The van der Waals surface area contributed by atoms with Gasteiger partial charge in [0.1, 0.15) is 11.6 Å². The number of carbonyl (C=O) groups excluding carboxylic acids is 2. The number of hydrogen-bond donors (Lipinski definition) is 1. The zero-order valence-electron chi connectivity index (χ0n) is 16.5. The highest BCUT2D eigenvalue weighted by Crippen LogP contribution is 2.40. The van der Waals surface area contributed by atoms with Gasteiger partial charge in [-0.15, -0.1) is 0 Å². The molecule has 1 saturated heterocycles. The Morgan fingerprint density at radius 2 is 1.76 bits per heavy atom. The summed E-state index contributed by atoms with van der Waals surface area (Å²) in [5.41, 5.74) is 0.472. The second-order valence-electron chi connectivity index (χ2n) is 7.15. The minimum absolute atomic E-state index is 0.0471. The lowest BCUT2D eigenvalue weighted by Crippen LogP contribution is -2.31.